The van der Waals surface area contributed by atoms with E-state index >= 15 is 0 Å². The summed E-state index contributed by atoms with van der Waals surface area (Å²) in [6, 6.07) is 93.9. The van der Waals surface area contributed by atoms with Crippen molar-refractivity contribution >= 4 is 53.9 Å². The zero-order valence-electron chi connectivity index (χ0n) is 42.2. The van der Waals surface area contributed by atoms with E-state index in [1.165, 1.54) is 143 Å². The number of hydrogen-bond acceptors (Lipinski definition) is 0. The Morgan fingerprint density at radius 1 is 0.203 bits per heavy atom. The standard InChI is InChI=1S/C39H28.C35H26/c1-39(2)34-20-10-9-18-32(34)38-33(19-11-21-35(38)39)37-30-16-7-5-14-28(30)36(29-15-6-8-17-31(29)37)27-23-22-25-12-3-4-13-26(25)24-27;1-35(2)30-21-11-10-19-28(30)34-29(20-12-22-31(34)35)33-26-17-8-6-15-24(26)32(23-13-4-3-5-14-23)25-16-7-9-18-27(25)33/h3-24H,1-2H3;3-22H,1-2H3. The molecule has 0 aromatic heterocycles. The molecule has 15 rings (SSSR count). The van der Waals surface area contributed by atoms with Crippen molar-refractivity contribution < 1.29 is 0 Å². The lowest BCUT2D eigenvalue weighted by Crippen LogP contribution is -2.14. The van der Waals surface area contributed by atoms with Crippen LogP contribution in [0.15, 0.2) is 255 Å². The Balaban J connectivity index is 0.000000137. The van der Waals surface area contributed by atoms with E-state index in [9.17, 15) is 0 Å². The van der Waals surface area contributed by atoms with Gasteiger partial charge in [-0.05, 0) is 149 Å². The molecule has 0 N–H and O–H groups in total. The minimum absolute atomic E-state index is 0.0163. The first-order valence-corrected chi connectivity index (χ1v) is 26.2. The molecule has 2 aliphatic carbocycles. The summed E-state index contributed by atoms with van der Waals surface area (Å²) >= 11 is 0. The van der Waals surface area contributed by atoms with Crippen LogP contribution < -0.4 is 0 Å². The maximum absolute atomic E-state index is 2.36. The van der Waals surface area contributed by atoms with Gasteiger partial charge >= 0.3 is 0 Å². The monoisotopic (exact) mass is 942 g/mol. The second kappa shape index (κ2) is 16.9. The summed E-state index contributed by atoms with van der Waals surface area (Å²) in [6.45, 7) is 9.44. The summed E-state index contributed by atoms with van der Waals surface area (Å²) in [7, 11) is 0. The molecular weight excluding hydrogens is 889 g/mol. The van der Waals surface area contributed by atoms with Crippen LogP contribution in [0, 0.1) is 0 Å². The highest BCUT2D eigenvalue weighted by atomic mass is 14.4. The lowest BCUT2D eigenvalue weighted by molar-refractivity contribution is 0.660. The van der Waals surface area contributed by atoms with Crippen molar-refractivity contribution in [3.05, 3.63) is 277 Å². The van der Waals surface area contributed by atoms with E-state index < -0.39 is 0 Å². The molecule has 13 aromatic carbocycles. The van der Waals surface area contributed by atoms with Crippen molar-refractivity contribution in [3.63, 3.8) is 0 Å². The highest BCUT2D eigenvalue weighted by molar-refractivity contribution is 6.24. The maximum Gasteiger partial charge on any atom is 0.0159 e. The van der Waals surface area contributed by atoms with Crippen LogP contribution in [-0.2, 0) is 10.8 Å². The van der Waals surface area contributed by atoms with Crippen molar-refractivity contribution in [3.8, 4) is 66.8 Å². The molecule has 0 bridgehead atoms. The van der Waals surface area contributed by atoms with Crippen LogP contribution in [0.2, 0.25) is 0 Å². The summed E-state index contributed by atoms with van der Waals surface area (Å²) < 4.78 is 0. The van der Waals surface area contributed by atoms with Crippen LogP contribution in [-0.4, -0.2) is 0 Å². The zero-order valence-corrected chi connectivity index (χ0v) is 42.2. The summed E-state index contributed by atoms with van der Waals surface area (Å²) in [5.41, 5.74) is 21.6. The third-order valence-corrected chi connectivity index (χ3v) is 16.7. The Kier molecular flexibility index (Phi) is 10.0. The molecule has 0 heteroatoms. The van der Waals surface area contributed by atoms with Crippen molar-refractivity contribution in [1.82, 2.24) is 0 Å². The van der Waals surface area contributed by atoms with Crippen molar-refractivity contribution in [2.75, 3.05) is 0 Å². The van der Waals surface area contributed by atoms with Crippen molar-refractivity contribution in [1.29, 1.82) is 0 Å². The molecule has 0 unspecified atom stereocenters. The summed E-state index contributed by atoms with van der Waals surface area (Å²) in [5.74, 6) is 0. The van der Waals surface area contributed by atoms with Crippen molar-refractivity contribution in [2.24, 2.45) is 0 Å². The van der Waals surface area contributed by atoms with Crippen LogP contribution in [0.4, 0.5) is 0 Å². The fourth-order valence-corrected chi connectivity index (χ4v) is 13.3. The molecule has 0 spiro atoms. The van der Waals surface area contributed by atoms with Gasteiger partial charge in [0.25, 0.3) is 0 Å². The van der Waals surface area contributed by atoms with E-state index in [0.717, 1.165) is 0 Å². The van der Waals surface area contributed by atoms with Gasteiger partial charge in [-0.1, -0.05) is 276 Å². The second-order valence-corrected chi connectivity index (χ2v) is 21.4. The van der Waals surface area contributed by atoms with Gasteiger partial charge in [-0.2, -0.15) is 0 Å². The van der Waals surface area contributed by atoms with Gasteiger partial charge in [0, 0.05) is 10.8 Å². The molecule has 0 saturated heterocycles. The first-order chi connectivity index (χ1) is 36.3. The average molecular weight is 943 g/mol. The van der Waals surface area contributed by atoms with Crippen LogP contribution in [0.5, 0.6) is 0 Å². The number of benzene rings is 13. The van der Waals surface area contributed by atoms with Crippen LogP contribution in [0.1, 0.15) is 49.9 Å². The molecule has 0 fully saturated rings. The molecule has 0 saturated carbocycles. The van der Waals surface area contributed by atoms with E-state index in [-0.39, 0.29) is 10.8 Å². The second-order valence-electron chi connectivity index (χ2n) is 21.4. The third kappa shape index (κ3) is 6.54. The molecule has 2 aliphatic rings. The number of fused-ring (bicyclic) bond motifs is 11. The molecule has 0 aliphatic heterocycles. The minimum atomic E-state index is -0.0292. The Morgan fingerprint density at radius 3 is 0.973 bits per heavy atom. The molecule has 0 amide bonds. The van der Waals surface area contributed by atoms with Gasteiger partial charge in [0.1, 0.15) is 0 Å². The summed E-state index contributed by atoms with van der Waals surface area (Å²) in [4.78, 5) is 0. The largest absolute Gasteiger partial charge is 0.0622 e. The predicted octanol–water partition coefficient (Wildman–Crippen LogP) is 20.4. The van der Waals surface area contributed by atoms with Gasteiger partial charge in [0.15, 0.2) is 0 Å². The Bertz CT molecular complexity index is 4300. The lowest BCUT2D eigenvalue weighted by atomic mass is 9.80. The van der Waals surface area contributed by atoms with Crippen LogP contribution >= 0.6 is 0 Å². The summed E-state index contributed by atoms with van der Waals surface area (Å²) in [6.07, 6.45) is 0. The van der Waals surface area contributed by atoms with E-state index in [1.807, 2.05) is 0 Å². The van der Waals surface area contributed by atoms with Gasteiger partial charge in [0.05, 0.1) is 0 Å². The predicted molar refractivity (Wildman–Crippen MR) is 317 cm³/mol. The Morgan fingerprint density at radius 2 is 0.527 bits per heavy atom. The number of rotatable bonds is 4. The molecular formula is C74H54. The van der Waals surface area contributed by atoms with Gasteiger partial charge in [-0.25, -0.2) is 0 Å². The van der Waals surface area contributed by atoms with Gasteiger partial charge in [0.2, 0.25) is 0 Å². The molecule has 0 heterocycles. The fraction of sp³-hybridized carbons (Fsp3) is 0.0811. The van der Waals surface area contributed by atoms with Crippen LogP contribution in [0.25, 0.3) is 121 Å². The molecule has 74 heavy (non-hydrogen) atoms. The van der Waals surface area contributed by atoms with Crippen molar-refractivity contribution in [2.45, 2.75) is 38.5 Å². The fourth-order valence-electron chi connectivity index (χ4n) is 13.3. The molecule has 0 atom stereocenters. The third-order valence-electron chi connectivity index (χ3n) is 16.7. The highest BCUT2D eigenvalue weighted by Crippen LogP contribution is 2.56. The first kappa shape index (κ1) is 43.9. The highest BCUT2D eigenvalue weighted by Gasteiger charge is 2.38. The summed E-state index contributed by atoms with van der Waals surface area (Å²) in [5, 5.41) is 13.0. The van der Waals surface area contributed by atoms with Gasteiger partial charge < -0.3 is 0 Å². The Labute approximate surface area is 433 Å². The van der Waals surface area contributed by atoms with Crippen LogP contribution in [0.3, 0.4) is 0 Å². The first-order valence-electron chi connectivity index (χ1n) is 26.2. The van der Waals surface area contributed by atoms with E-state index in [1.54, 1.807) is 0 Å². The number of hydrogen-bond donors (Lipinski definition) is 0. The maximum atomic E-state index is 2.36. The van der Waals surface area contributed by atoms with Gasteiger partial charge in [-0.3, -0.25) is 0 Å². The van der Waals surface area contributed by atoms with Gasteiger partial charge in [-0.15, -0.1) is 0 Å². The van der Waals surface area contributed by atoms with E-state index in [4.69, 9.17) is 0 Å². The lowest BCUT2D eigenvalue weighted by Gasteiger charge is -2.22. The molecule has 0 nitrogen and oxygen atoms in total. The quantitative estimate of drug-likeness (QED) is 0.154. The smallest absolute Gasteiger partial charge is 0.0159 e. The van der Waals surface area contributed by atoms with E-state index in [2.05, 4.69) is 282 Å². The normalized spacial score (nSPS) is 13.6. The van der Waals surface area contributed by atoms with E-state index in [0.29, 0.717) is 0 Å². The Hall–Kier alpha value is -8.84. The molecule has 350 valence electrons. The molecule has 13 aromatic rings. The zero-order chi connectivity index (χ0) is 49.7. The minimum Gasteiger partial charge on any atom is -0.0622 e. The average Bonchev–Trinajstić information content (AvgIpc) is 3.91. The molecule has 0 radical (unpaired) electrons. The topological polar surface area (TPSA) is 0 Å². The SMILES string of the molecule is CC1(C)c2ccccc2-c2c(-c3c4ccccc4c(-c4ccc5ccccc5c4)c4ccccc34)cccc21.CC1(C)c2ccccc2-c2c(-c3c4ccccc4c(-c4ccccc4)c4ccccc34)cccc21.